The van der Waals surface area contributed by atoms with Gasteiger partial charge in [0, 0.05) is 34.9 Å². The van der Waals surface area contributed by atoms with Crippen LogP contribution in [-0.2, 0) is 36.1 Å². The van der Waals surface area contributed by atoms with Gasteiger partial charge in [0.2, 0.25) is 11.6 Å². The Bertz CT molecular complexity index is 1280. The zero-order valence-corrected chi connectivity index (χ0v) is 24.9. The number of ketones is 2. The van der Waals surface area contributed by atoms with Gasteiger partial charge < -0.3 is 30.9 Å². The maximum Gasteiger partial charge on any atom is 2.00 e. The van der Waals surface area contributed by atoms with Crippen molar-refractivity contribution >= 4 is 57.7 Å². The van der Waals surface area contributed by atoms with Gasteiger partial charge in [-0.15, -0.1) is 0 Å². The first-order chi connectivity index (χ1) is 19.4. The summed E-state index contributed by atoms with van der Waals surface area (Å²) in [7, 11) is 2.98. The van der Waals surface area contributed by atoms with Crippen LogP contribution in [0.5, 0.6) is 0 Å². The predicted octanol–water partition coefficient (Wildman–Crippen LogP) is 6.62. The minimum Gasteiger partial charge on any atom is -0.753 e. The predicted molar refractivity (Wildman–Crippen MR) is 167 cm³/mol. The molecule has 0 fully saturated rings. The van der Waals surface area contributed by atoms with Gasteiger partial charge in [0.15, 0.2) is 11.5 Å². The molecule has 2 N–H and O–H groups in total. The van der Waals surface area contributed by atoms with E-state index in [0.29, 0.717) is 22.7 Å². The van der Waals surface area contributed by atoms with Gasteiger partial charge in [-0.2, -0.15) is 10.3 Å². The first kappa shape index (κ1) is 36.5. The normalized spacial score (nSPS) is 14.4. The summed E-state index contributed by atoms with van der Waals surface area (Å²) in [5.74, 6) is 0.485. The fourth-order valence-electron chi connectivity index (χ4n) is 3.01. The van der Waals surface area contributed by atoms with E-state index in [-0.39, 0.29) is 28.6 Å². The number of methoxy groups -OCH3 is 2. The third-order valence-corrected chi connectivity index (χ3v) is 4.79. The van der Waals surface area contributed by atoms with Gasteiger partial charge in [-0.25, -0.2) is 0 Å². The second-order valence-electron chi connectivity index (χ2n) is 7.25. The van der Waals surface area contributed by atoms with Crippen LogP contribution in [0.25, 0.3) is 10.8 Å². The smallest absolute Gasteiger partial charge is 0.753 e. The van der Waals surface area contributed by atoms with Crippen molar-refractivity contribution in [3.8, 4) is 0 Å². The van der Waals surface area contributed by atoms with Crippen LogP contribution in [-0.4, -0.2) is 36.1 Å². The van der Waals surface area contributed by atoms with Gasteiger partial charge in [-0.05, 0) is 48.6 Å². The van der Waals surface area contributed by atoms with Crippen molar-refractivity contribution in [2.75, 3.05) is 24.9 Å². The van der Waals surface area contributed by atoms with E-state index in [0.717, 1.165) is 11.4 Å². The molecule has 4 rings (SSSR count). The van der Waals surface area contributed by atoms with Crippen molar-refractivity contribution in [3.05, 3.63) is 143 Å². The molecule has 0 saturated heterocycles. The van der Waals surface area contributed by atoms with Gasteiger partial charge in [-0.3, -0.25) is 9.59 Å². The number of nitrogens with zero attached hydrogens (tertiary/aromatic N) is 2. The molecule has 0 bridgehead atoms. The number of ether oxygens (including phenoxy) is 2. The summed E-state index contributed by atoms with van der Waals surface area (Å²) < 4.78 is 9.95. The van der Waals surface area contributed by atoms with E-state index in [4.69, 9.17) is 20.3 Å². The molecule has 11 heteroatoms. The van der Waals surface area contributed by atoms with Crippen molar-refractivity contribution in [2.24, 2.45) is 0 Å². The summed E-state index contributed by atoms with van der Waals surface area (Å²) in [4.78, 5) is 23.6. The number of hydrogen-bond acceptors (Lipinski definition) is 8. The van der Waals surface area contributed by atoms with Crippen LogP contribution in [0, 0.1) is 0 Å². The molecule has 0 heterocycles. The number of Topliss-reactive ketones (excluding diaryl/α,β-unsaturated/α-hetero) is 2. The molecular weight excluding hydrogens is 599 g/mol. The standard InChI is InChI=1S/2C14H13NO2.2CNS.Mn/c2*1-17-13-9-5-6-11(14(13)16)10-15-12-7-3-2-4-8-12;2*2-1-3;/h2*2-10,15H,1H3;;;/q;;2*-1;+2/b2*11-10-;;;. The van der Waals surface area contributed by atoms with E-state index in [1.54, 1.807) is 48.9 Å². The molecule has 0 aromatic heterocycles. The zero-order valence-electron chi connectivity index (χ0n) is 22.1. The average Bonchev–Trinajstić information content (AvgIpc) is 2.98. The van der Waals surface area contributed by atoms with E-state index in [9.17, 15) is 9.59 Å². The molecule has 0 saturated carbocycles. The third kappa shape index (κ3) is 13.9. The fraction of sp³-hybridized carbons (Fsp3) is 0.0667. The van der Waals surface area contributed by atoms with Crippen LogP contribution < -0.4 is 10.6 Å². The Morgan fingerprint density at radius 2 is 1.00 bits per heavy atom. The number of thiocarbonyl (C=S) groups is 2. The Morgan fingerprint density at radius 1 is 0.683 bits per heavy atom. The number of carbonyl (C=O) groups is 2. The number of nitrogens with one attached hydrogen (secondary N) is 2. The van der Waals surface area contributed by atoms with Crippen molar-refractivity contribution in [2.45, 2.75) is 0 Å². The molecule has 0 aliphatic heterocycles. The van der Waals surface area contributed by atoms with Crippen molar-refractivity contribution in [1.82, 2.24) is 0 Å². The Morgan fingerprint density at radius 3 is 1.29 bits per heavy atom. The summed E-state index contributed by atoms with van der Waals surface area (Å²) in [6.45, 7) is 0. The third-order valence-electron chi connectivity index (χ3n) is 4.79. The SMILES string of the molecule is COC1=CC=C/C(=C/Nc2ccccc2)C1=O.COC1=CC=C/C(=C/Nc2ccccc2)C1=O.[Mn+2].[N-]=C=S.[N-]=C=S. The van der Waals surface area contributed by atoms with Gasteiger partial charge in [0.05, 0.1) is 14.2 Å². The molecule has 2 aliphatic carbocycles. The molecule has 2 aliphatic rings. The number of hydrogen-bond donors (Lipinski definition) is 2. The topological polar surface area (TPSA) is 121 Å². The van der Waals surface area contributed by atoms with Gasteiger partial charge in [0.25, 0.3) is 0 Å². The van der Waals surface area contributed by atoms with Crippen LogP contribution in [0.2, 0.25) is 0 Å². The van der Waals surface area contributed by atoms with E-state index in [1.165, 1.54) is 24.5 Å². The first-order valence-corrected chi connectivity index (χ1v) is 12.3. The molecule has 0 unspecified atom stereocenters. The van der Waals surface area contributed by atoms with Gasteiger partial charge in [-0.1, -0.05) is 73.0 Å². The molecule has 0 atom stereocenters. The second kappa shape index (κ2) is 22.4. The summed E-state index contributed by atoms with van der Waals surface area (Å²) in [5, 5.41) is 23.1. The minimum atomic E-state index is -0.113. The number of rotatable bonds is 6. The number of benzene rings is 2. The van der Waals surface area contributed by atoms with E-state index < -0.39 is 0 Å². The molecular formula is C30H26MnN4O4S2. The Labute approximate surface area is 260 Å². The Balaban J connectivity index is 0.000000642. The molecule has 8 nitrogen and oxygen atoms in total. The molecule has 2 aromatic rings. The quantitative estimate of drug-likeness (QED) is 0.159. The number of anilines is 2. The summed E-state index contributed by atoms with van der Waals surface area (Å²) in [5.41, 5.74) is 3.03. The van der Waals surface area contributed by atoms with Crippen LogP contribution in [0.1, 0.15) is 0 Å². The van der Waals surface area contributed by atoms with Crippen molar-refractivity contribution < 1.29 is 36.1 Å². The maximum atomic E-state index is 11.8. The molecule has 0 spiro atoms. The zero-order chi connectivity index (χ0) is 29.6. The molecule has 0 amide bonds. The molecule has 1 radical (unpaired) electrons. The number of carbonyl (C=O) groups excluding carboxylic acids is 2. The second-order valence-corrected chi connectivity index (χ2v) is 7.61. The van der Waals surface area contributed by atoms with E-state index in [1.807, 2.05) is 60.7 Å². The summed E-state index contributed by atoms with van der Waals surface area (Å²) >= 11 is 7.40. The van der Waals surface area contributed by atoms with E-state index >= 15 is 0 Å². The average molecular weight is 626 g/mol. The Hall–Kier alpha value is -4.46. The van der Waals surface area contributed by atoms with Crippen LogP contribution >= 0.6 is 24.4 Å². The van der Waals surface area contributed by atoms with Gasteiger partial charge in [0.1, 0.15) is 0 Å². The Kier molecular flexibility index (Phi) is 19.9. The summed E-state index contributed by atoms with van der Waals surface area (Å²) in [6.07, 6.45) is 13.8. The monoisotopic (exact) mass is 625 g/mol. The molecule has 209 valence electrons. The molecule has 41 heavy (non-hydrogen) atoms. The van der Waals surface area contributed by atoms with Crippen LogP contribution in [0.15, 0.2) is 132 Å². The van der Waals surface area contributed by atoms with Crippen molar-refractivity contribution in [1.29, 1.82) is 0 Å². The van der Waals surface area contributed by atoms with Crippen LogP contribution in [0.3, 0.4) is 0 Å². The van der Waals surface area contributed by atoms with E-state index in [2.05, 4.69) is 35.1 Å². The van der Waals surface area contributed by atoms with Crippen LogP contribution in [0.4, 0.5) is 11.4 Å². The van der Waals surface area contributed by atoms with Crippen molar-refractivity contribution in [3.63, 3.8) is 0 Å². The number of para-hydroxylation sites is 2. The largest absolute Gasteiger partial charge is 2.00 e. The first-order valence-electron chi connectivity index (χ1n) is 11.5. The number of isothiocyanates is 2. The fourth-order valence-corrected chi connectivity index (χ4v) is 3.01. The van der Waals surface area contributed by atoms with Gasteiger partial charge >= 0.3 is 17.1 Å². The molecule has 2 aromatic carbocycles. The number of allylic oxidation sites excluding steroid dienone is 8. The minimum absolute atomic E-state index is 0. The maximum absolute atomic E-state index is 11.8. The summed E-state index contributed by atoms with van der Waals surface area (Å²) in [6, 6.07) is 19.3.